The van der Waals surface area contributed by atoms with Crippen LogP contribution >= 0.6 is 0 Å². The van der Waals surface area contributed by atoms with Gasteiger partial charge in [0.1, 0.15) is 23.0 Å². The number of rotatable bonds is 11. The summed E-state index contributed by atoms with van der Waals surface area (Å²) in [6.07, 6.45) is 4.75. The lowest BCUT2D eigenvalue weighted by Crippen LogP contribution is -2.33. The second-order valence-corrected chi connectivity index (χ2v) is 14.5. The number of nitrogens with zero attached hydrogens (tertiary/aromatic N) is 1. The van der Waals surface area contributed by atoms with Crippen LogP contribution in [0.4, 0.5) is 11.4 Å². The van der Waals surface area contributed by atoms with Gasteiger partial charge in [-0.3, -0.25) is 14.4 Å². The van der Waals surface area contributed by atoms with Gasteiger partial charge in [-0.25, -0.2) is 0 Å². The van der Waals surface area contributed by atoms with Crippen molar-refractivity contribution in [3.63, 3.8) is 0 Å². The Kier molecular flexibility index (Phi) is 11.8. The lowest BCUT2D eigenvalue weighted by Gasteiger charge is -2.14. The molecule has 12 heteroatoms. The third-order valence-electron chi connectivity index (χ3n) is 10.9. The summed E-state index contributed by atoms with van der Waals surface area (Å²) in [5.74, 6) is 2.67. The quantitative estimate of drug-likeness (QED) is 0.101. The number of hydrogen-bond donors (Lipinski definition) is 4. The zero-order chi connectivity index (χ0) is 40.9. The highest BCUT2D eigenvalue weighted by molar-refractivity contribution is 6.35. The molecule has 4 aromatic carbocycles. The van der Waals surface area contributed by atoms with Crippen LogP contribution in [-0.4, -0.2) is 82.2 Å². The lowest BCUT2D eigenvalue weighted by atomic mass is 9.99. The van der Waals surface area contributed by atoms with Crippen molar-refractivity contribution in [1.29, 1.82) is 0 Å². The van der Waals surface area contributed by atoms with Crippen LogP contribution in [0.5, 0.6) is 23.0 Å². The van der Waals surface area contributed by atoms with Gasteiger partial charge in [-0.2, -0.15) is 0 Å². The minimum Gasteiger partial charge on any atom is -0.497 e. The molecular formula is C46H49N5O7. The first kappa shape index (κ1) is 39.7. The van der Waals surface area contributed by atoms with E-state index in [2.05, 4.69) is 25.8 Å². The number of carbonyl (C=O) groups is 3. The molecule has 4 N–H and O–H groups in total. The molecular weight excluding hydrogens is 735 g/mol. The fraction of sp³-hybridized carbons (Fsp3) is 0.283. The van der Waals surface area contributed by atoms with E-state index in [9.17, 15) is 14.4 Å². The number of carbonyl (C=O) groups excluding carboxylic acids is 3. The first-order valence-corrected chi connectivity index (χ1v) is 19.4. The number of fused-ring (bicyclic) bond motifs is 2. The Balaban J connectivity index is 0.000000214. The predicted octanol–water partition coefficient (Wildman–Crippen LogP) is 7.50. The molecule has 3 amide bonds. The summed E-state index contributed by atoms with van der Waals surface area (Å²) in [5, 5.41) is 8.91. The van der Waals surface area contributed by atoms with Crippen molar-refractivity contribution in [3.05, 3.63) is 106 Å². The van der Waals surface area contributed by atoms with E-state index in [1.54, 1.807) is 28.4 Å². The number of nitrogens with one attached hydrogen (secondary N) is 4. The minimum absolute atomic E-state index is 0.0406. The number of benzene rings is 4. The monoisotopic (exact) mass is 783 g/mol. The predicted molar refractivity (Wildman–Crippen MR) is 227 cm³/mol. The maximum Gasteiger partial charge on any atom is 0.256 e. The average Bonchev–Trinajstić information content (AvgIpc) is 4.02. The highest BCUT2D eigenvalue weighted by atomic mass is 16.5. The van der Waals surface area contributed by atoms with Gasteiger partial charge in [0.15, 0.2) is 0 Å². The third-order valence-corrected chi connectivity index (χ3v) is 10.9. The number of aromatic nitrogens is 1. The standard InChI is InChI=1S/C30H34N4O4.C16H15NO3/c1-18-25(32-19(2)28(18)30(36)31-11-14-34-12-5-6-13-34)17-24-23-9-7-20(15-26(23)33-29(24)35)22-10-8-21(37-3)16-27(22)38-4;1-19-12-5-6-13(15(9-12)20-2)10-3-4-11-8-16(18)17-14(11)7-10/h7-10,15-17,32H,5-6,11-14H2,1-4H3,(H,31,36)(H,33,35);3-7,9H,8H2,1-2H3,(H,17,18). The van der Waals surface area contributed by atoms with Gasteiger partial charge in [-0.15, -0.1) is 0 Å². The van der Waals surface area contributed by atoms with E-state index in [-0.39, 0.29) is 17.7 Å². The zero-order valence-electron chi connectivity index (χ0n) is 33.8. The van der Waals surface area contributed by atoms with Crippen molar-refractivity contribution in [2.24, 2.45) is 0 Å². The molecule has 1 saturated heterocycles. The van der Waals surface area contributed by atoms with Crippen LogP contribution in [0.25, 0.3) is 33.9 Å². The first-order valence-electron chi connectivity index (χ1n) is 19.4. The molecule has 0 spiro atoms. The number of aromatic amines is 1. The summed E-state index contributed by atoms with van der Waals surface area (Å²) < 4.78 is 21.5. The largest absolute Gasteiger partial charge is 0.497 e. The van der Waals surface area contributed by atoms with Crippen LogP contribution in [0.3, 0.4) is 0 Å². The van der Waals surface area contributed by atoms with Gasteiger partial charge in [0.25, 0.3) is 11.8 Å². The van der Waals surface area contributed by atoms with Gasteiger partial charge >= 0.3 is 0 Å². The number of H-pyrrole nitrogens is 1. The molecule has 8 rings (SSSR count). The summed E-state index contributed by atoms with van der Waals surface area (Å²) in [6, 6.07) is 23.2. The number of anilines is 2. The van der Waals surface area contributed by atoms with E-state index in [4.69, 9.17) is 18.9 Å². The first-order chi connectivity index (χ1) is 28.1. The van der Waals surface area contributed by atoms with Crippen molar-refractivity contribution in [2.75, 3.05) is 65.3 Å². The smallest absolute Gasteiger partial charge is 0.256 e. The van der Waals surface area contributed by atoms with E-state index in [0.717, 1.165) is 92.8 Å². The maximum absolute atomic E-state index is 13.0. The molecule has 4 heterocycles. The molecule has 0 saturated carbocycles. The fourth-order valence-corrected chi connectivity index (χ4v) is 7.79. The average molecular weight is 784 g/mol. The molecule has 3 aliphatic heterocycles. The number of amides is 3. The third kappa shape index (κ3) is 8.28. The fourth-order valence-electron chi connectivity index (χ4n) is 7.79. The van der Waals surface area contributed by atoms with Crippen molar-refractivity contribution in [2.45, 2.75) is 33.1 Å². The highest BCUT2D eigenvalue weighted by Gasteiger charge is 2.27. The van der Waals surface area contributed by atoms with Crippen LogP contribution in [0, 0.1) is 13.8 Å². The Bertz CT molecular complexity index is 2410. The maximum atomic E-state index is 13.0. The van der Waals surface area contributed by atoms with E-state index in [0.29, 0.717) is 35.6 Å². The molecule has 0 atom stereocenters. The van der Waals surface area contributed by atoms with Crippen molar-refractivity contribution < 1.29 is 33.3 Å². The van der Waals surface area contributed by atoms with E-state index >= 15 is 0 Å². The molecule has 300 valence electrons. The molecule has 0 aliphatic carbocycles. The van der Waals surface area contributed by atoms with Gasteiger partial charge in [-0.1, -0.05) is 24.3 Å². The number of ether oxygens (including phenoxy) is 4. The van der Waals surface area contributed by atoms with Gasteiger partial charge in [-0.05, 0) is 105 Å². The lowest BCUT2D eigenvalue weighted by molar-refractivity contribution is -0.115. The second-order valence-electron chi connectivity index (χ2n) is 14.5. The summed E-state index contributed by atoms with van der Waals surface area (Å²) >= 11 is 0. The molecule has 5 aromatic rings. The van der Waals surface area contributed by atoms with Gasteiger partial charge in [0.05, 0.1) is 46.0 Å². The van der Waals surface area contributed by atoms with Crippen LogP contribution in [0.1, 0.15) is 51.3 Å². The molecule has 58 heavy (non-hydrogen) atoms. The molecule has 12 nitrogen and oxygen atoms in total. The summed E-state index contributed by atoms with van der Waals surface area (Å²) in [4.78, 5) is 43.0. The molecule has 3 aliphatic rings. The zero-order valence-corrected chi connectivity index (χ0v) is 33.8. The Morgan fingerprint density at radius 3 is 1.97 bits per heavy atom. The molecule has 1 fully saturated rings. The van der Waals surface area contributed by atoms with E-state index in [1.165, 1.54) is 12.8 Å². The van der Waals surface area contributed by atoms with Crippen LogP contribution in [0.15, 0.2) is 72.8 Å². The summed E-state index contributed by atoms with van der Waals surface area (Å²) in [5.41, 5.74) is 10.8. The van der Waals surface area contributed by atoms with Crippen molar-refractivity contribution in [3.8, 4) is 45.3 Å². The molecule has 0 bridgehead atoms. The number of aryl methyl sites for hydroxylation is 1. The molecule has 0 radical (unpaired) electrons. The Labute approximate surface area is 338 Å². The number of methoxy groups -OCH3 is 4. The van der Waals surface area contributed by atoms with Gasteiger partial charge in [0, 0.05) is 64.7 Å². The SMILES string of the molecule is COc1ccc(-c2ccc3c(c2)NC(=O)C3)c(OC)c1.COc1ccc(-c2ccc3c(c2)NC(=O)C3=Cc2[nH]c(C)c(C(=O)NCCN3CCCC3)c2C)c(OC)c1. The van der Waals surface area contributed by atoms with E-state index < -0.39 is 0 Å². The molecule has 0 unspecified atom stereocenters. The summed E-state index contributed by atoms with van der Waals surface area (Å²) in [7, 11) is 6.50. The topological polar surface area (TPSA) is 143 Å². The van der Waals surface area contributed by atoms with Crippen LogP contribution < -0.4 is 34.9 Å². The van der Waals surface area contributed by atoms with Crippen LogP contribution in [-0.2, 0) is 16.0 Å². The second kappa shape index (κ2) is 17.3. The van der Waals surface area contributed by atoms with Crippen molar-refractivity contribution >= 4 is 40.7 Å². The Hall–Kier alpha value is -6.53. The van der Waals surface area contributed by atoms with E-state index in [1.807, 2.05) is 92.7 Å². The van der Waals surface area contributed by atoms with Crippen molar-refractivity contribution in [1.82, 2.24) is 15.2 Å². The van der Waals surface area contributed by atoms with Gasteiger partial charge in [0.2, 0.25) is 5.91 Å². The number of likely N-dealkylation sites (tertiary alicyclic amines) is 1. The Morgan fingerprint density at radius 2 is 1.34 bits per heavy atom. The molecule has 1 aromatic heterocycles. The van der Waals surface area contributed by atoms with Gasteiger partial charge < -0.3 is 44.8 Å². The highest BCUT2D eigenvalue weighted by Crippen LogP contribution is 2.40. The minimum atomic E-state index is -0.179. The number of hydrogen-bond acceptors (Lipinski definition) is 8. The Morgan fingerprint density at radius 1 is 0.741 bits per heavy atom. The summed E-state index contributed by atoms with van der Waals surface area (Å²) in [6.45, 7) is 7.51. The van der Waals surface area contributed by atoms with Crippen LogP contribution in [0.2, 0.25) is 0 Å². The normalized spacial score (nSPS) is 14.9.